The number of hydrogen-bond donors (Lipinski definition) is 1. The Morgan fingerprint density at radius 3 is 2.18 bits per heavy atom. The minimum Gasteiger partial charge on any atom is -0.495 e. The zero-order chi connectivity index (χ0) is 24.4. The molecule has 0 bridgehead atoms. The molecule has 1 saturated heterocycles. The van der Waals surface area contributed by atoms with Crippen LogP contribution in [0.3, 0.4) is 0 Å². The number of ether oxygens (including phenoxy) is 1. The van der Waals surface area contributed by atoms with Crippen molar-refractivity contribution in [2.75, 3.05) is 39.6 Å². The number of anilines is 1. The van der Waals surface area contributed by atoms with Crippen molar-refractivity contribution in [3.63, 3.8) is 0 Å². The van der Waals surface area contributed by atoms with Gasteiger partial charge in [-0.25, -0.2) is 21.1 Å². The Morgan fingerprint density at radius 1 is 1.03 bits per heavy atom. The molecule has 0 aliphatic carbocycles. The third kappa shape index (κ3) is 5.37. The van der Waals surface area contributed by atoms with Crippen molar-refractivity contribution in [1.29, 1.82) is 0 Å². The number of piperidine rings is 1. The Hall–Kier alpha value is -2.47. The quantitative estimate of drug-likeness (QED) is 0.632. The molecule has 1 fully saturated rings. The molecule has 1 amide bonds. The molecule has 3 rings (SSSR count). The van der Waals surface area contributed by atoms with Gasteiger partial charge in [-0.1, -0.05) is 6.92 Å². The smallest absolute Gasteiger partial charge is 0.255 e. The first-order valence-corrected chi connectivity index (χ1v) is 13.4. The van der Waals surface area contributed by atoms with Gasteiger partial charge >= 0.3 is 0 Å². The van der Waals surface area contributed by atoms with E-state index in [2.05, 4.69) is 12.2 Å². The highest BCUT2D eigenvalue weighted by atomic mass is 32.2. The predicted molar refractivity (Wildman–Crippen MR) is 125 cm³/mol. The second kappa shape index (κ2) is 9.80. The van der Waals surface area contributed by atoms with Crippen molar-refractivity contribution in [3.8, 4) is 5.75 Å². The van der Waals surface area contributed by atoms with E-state index in [1.807, 2.05) is 0 Å². The van der Waals surface area contributed by atoms with Crippen molar-refractivity contribution in [3.05, 3.63) is 48.0 Å². The number of carbonyl (C=O) groups excluding carboxylic acids is 1. The fraction of sp³-hybridized carbons (Fsp3) is 0.409. The summed E-state index contributed by atoms with van der Waals surface area (Å²) < 4.78 is 58.6. The number of rotatable bonds is 7. The Bertz CT molecular complexity index is 1220. The van der Waals surface area contributed by atoms with Crippen molar-refractivity contribution in [2.45, 2.75) is 29.6 Å². The van der Waals surface area contributed by atoms with Crippen LogP contribution in [-0.2, 0) is 20.0 Å². The van der Waals surface area contributed by atoms with E-state index in [4.69, 9.17) is 4.74 Å². The summed E-state index contributed by atoms with van der Waals surface area (Å²) in [6, 6.07) is 10.0. The van der Waals surface area contributed by atoms with Crippen LogP contribution in [0.4, 0.5) is 5.69 Å². The third-order valence-electron chi connectivity index (χ3n) is 5.68. The van der Waals surface area contributed by atoms with E-state index in [9.17, 15) is 21.6 Å². The van der Waals surface area contributed by atoms with Crippen molar-refractivity contribution in [1.82, 2.24) is 8.61 Å². The molecule has 0 aromatic heterocycles. The lowest BCUT2D eigenvalue weighted by atomic mass is 10.0. The van der Waals surface area contributed by atoms with Gasteiger partial charge in [0.05, 0.1) is 12.0 Å². The molecule has 1 heterocycles. The summed E-state index contributed by atoms with van der Waals surface area (Å²) in [4.78, 5) is 12.8. The molecular formula is C22H29N3O6S2. The van der Waals surface area contributed by atoms with Gasteiger partial charge in [0, 0.05) is 38.4 Å². The van der Waals surface area contributed by atoms with Gasteiger partial charge in [0.1, 0.15) is 10.6 Å². The molecule has 180 valence electrons. The zero-order valence-corrected chi connectivity index (χ0v) is 20.7. The van der Waals surface area contributed by atoms with Crippen LogP contribution in [0.2, 0.25) is 0 Å². The normalized spacial score (nSPS) is 16.0. The number of amides is 1. The topological polar surface area (TPSA) is 113 Å². The van der Waals surface area contributed by atoms with E-state index >= 15 is 0 Å². The molecule has 0 radical (unpaired) electrons. The van der Waals surface area contributed by atoms with E-state index < -0.39 is 26.0 Å². The molecule has 2 aromatic carbocycles. The Morgan fingerprint density at radius 2 is 1.64 bits per heavy atom. The van der Waals surface area contributed by atoms with Crippen LogP contribution in [0.5, 0.6) is 5.75 Å². The largest absolute Gasteiger partial charge is 0.495 e. The second-order valence-electron chi connectivity index (χ2n) is 8.22. The molecule has 0 atom stereocenters. The lowest BCUT2D eigenvalue weighted by Gasteiger charge is -2.29. The monoisotopic (exact) mass is 495 g/mol. The third-order valence-corrected chi connectivity index (χ3v) is 9.43. The number of benzene rings is 2. The van der Waals surface area contributed by atoms with Crippen LogP contribution < -0.4 is 10.1 Å². The lowest BCUT2D eigenvalue weighted by molar-refractivity contribution is 0.102. The Balaban J connectivity index is 1.79. The number of methoxy groups -OCH3 is 1. The molecule has 11 heteroatoms. The standard InChI is InChI=1S/C22H29N3O6S2/c1-16-11-13-25(14-12-16)32(27,28)19-8-5-17(6-9-19)22(26)23-18-7-10-20(31-4)21(15-18)33(29,30)24(2)3/h5-10,15-16H,11-14H2,1-4H3,(H,23,26). The second-order valence-corrected chi connectivity index (χ2v) is 12.3. The van der Waals surface area contributed by atoms with Gasteiger partial charge in [-0.05, 0) is 61.2 Å². The van der Waals surface area contributed by atoms with Crippen LogP contribution in [0, 0.1) is 5.92 Å². The summed E-state index contributed by atoms with van der Waals surface area (Å²) in [5, 5.41) is 2.65. The molecule has 33 heavy (non-hydrogen) atoms. The minimum absolute atomic E-state index is 0.0786. The number of nitrogens with zero attached hydrogens (tertiary/aromatic N) is 2. The molecule has 0 unspecified atom stereocenters. The Kier molecular flexibility index (Phi) is 7.47. The van der Waals surface area contributed by atoms with Gasteiger partial charge in [-0.2, -0.15) is 4.31 Å². The molecule has 0 saturated carbocycles. The highest BCUT2D eigenvalue weighted by Gasteiger charge is 2.28. The molecule has 1 N–H and O–H groups in total. The Labute approximate surface area is 195 Å². The van der Waals surface area contributed by atoms with Crippen molar-refractivity contribution >= 4 is 31.6 Å². The number of hydrogen-bond acceptors (Lipinski definition) is 6. The van der Waals surface area contributed by atoms with Gasteiger partial charge < -0.3 is 10.1 Å². The summed E-state index contributed by atoms with van der Waals surface area (Å²) in [6.07, 6.45) is 1.65. The SMILES string of the molecule is COc1ccc(NC(=O)c2ccc(S(=O)(=O)N3CCC(C)CC3)cc2)cc1S(=O)(=O)N(C)C. The average molecular weight is 496 g/mol. The van der Waals surface area contributed by atoms with Gasteiger partial charge in [0.2, 0.25) is 20.0 Å². The summed E-state index contributed by atoms with van der Waals surface area (Å²) in [6.45, 7) is 3.09. The zero-order valence-electron chi connectivity index (χ0n) is 19.1. The molecular weight excluding hydrogens is 466 g/mol. The number of nitrogens with one attached hydrogen (secondary N) is 1. The number of sulfonamides is 2. The van der Waals surface area contributed by atoms with Gasteiger partial charge in [0.15, 0.2) is 0 Å². The summed E-state index contributed by atoms with van der Waals surface area (Å²) in [5.41, 5.74) is 0.509. The van der Waals surface area contributed by atoms with Crippen LogP contribution in [-0.4, -0.2) is 65.6 Å². The first-order valence-electron chi connectivity index (χ1n) is 10.5. The maximum Gasteiger partial charge on any atom is 0.255 e. The van der Waals surface area contributed by atoms with Crippen molar-refractivity contribution < 1.29 is 26.4 Å². The predicted octanol–water partition coefficient (Wildman–Crippen LogP) is 2.62. The lowest BCUT2D eigenvalue weighted by Crippen LogP contribution is -2.37. The van der Waals surface area contributed by atoms with E-state index in [0.29, 0.717) is 19.0 Å². The maximum atomic E-state index is 12.9. The van der Waals surface area contributed by atoms with Crippen LogP contribution in [0.25, 0.3) is 0 Å². The molecule has 9 nitrogen and oxygen atoms in total. The first-order chi connectivity index (χ1) is 15.5. The van der Waals surface area contributed by atoms with Crippen LogP contribution in [0.15, 0.2) is 52.3 Å². The molecule has 1 aliphatic heterocycles. The van der Waals surface area contributed by atoms with Crippen LogP contribution in [0.1, 0.15) is 30.1 Å². The highest BCUT2D eigenvalue weighted by molar-refractivity contribution is 7.89. The average Bonchev–Trinajstić information content (AvgIpc) is 2.79. The number of carbonyl (C=O) groups is 1. The molecule has 2 aromatic rings. The van der Waals surface area contributed by atoms with Crippen LogP contribution >= 0.6 is 0 Å². The highest BCUT2D eigenvalue weighted by Crippen LogP contribution is 2.29. The van der Waals surface area contributed by atoms with Gasteiger partial charge in [-0.15, -0.1) is 0 Å². The van der Waals surface area contributed by atoms with E-state index in [0.717, 1.165) is 17.1 Å². The fourth-order valence-electron chi connectivity index (χ4n) is 3.51. The van der Waals surface area contributed by atoms with Gasteiger partial charge in [0.25, 0.3) is 5.91 Å². The van der Waals surface area contributed by atoms with Gasteiger partial charge in [-0.3, -0.25) is 4.79 Å². The van der Waals surface area contributed by atoms with E-state index in [-0.39, 0.29) is 26.8 Å². The van der Waals surface area contributed by atoms with E-state index in [1.165, 1.54) is 68.0 Å². The summed E-state index contributed by atoms with van der Waals surface area (Å²) in [7, 11) is -3.23. The maximum absolute atomic E-state index is 12.9. The fourth-order valence-corrected chi connectivity index (χ4v) is 6.05. The summed E-state index contributed by atoms with van der Waals surface area (Å²) >= 11 is 0. The summed E-state index contributed by atoms with van der Waals surface area (Å²) in [5.74, 6) is 0.168. The molecule has 1 aliphatic rings. The van der Waals surface area contributed by atoms with E-state index in [1.54, 1.807) is 0 Å². The molecule has 0 spiro atoms. The minimum atomic E-state index is -3.79. The first kappa shape index (κ1) is 25.2. The van der Waals surface area contributed by atoms with Crippen molar-refractivity contribution in [2.24, 2.45) is 5.92 Å².